The Bertz CT molecular complexity index is 479. The SMILES string of the molecule is Cn1cnc([N+](=O)[O-])c1NCC(=O)N1CCCCC1. The number of imidazole rings is 1. The van der Waals surface area contributed by atoms with Crippen LogP contribution in [0.3, 0.4) is 0 Å². The molecule has 1 N–H and O–H groups in total. The summed E-state index contributed by atoms with van der Waals surface area (Å²) in [5.74, 6) is -0.0282. The summed E-state index contributed by atoms with van der Waals surface area (Å²) in [5.41, 5.74) is 0. The molecule has 2 rings (SSSR count). The maximum absolute atomic E-state index is 11.9. The smallest absolute Gasteiger partial charge is 0.358 e. The average molecular weight is 267 g/mol. The Morgan fingerprint density at radius 3 is 2.79 bits per heavy atom. The number of rotatable bonds is 4. The van der Waals surface area contributed by atoms with Gasteiger partial charge in [0, 0.05) is 20.1 Å². The lowest BCUT2D eigenvalue weighted by Crippen LogP contribution is -2.39. The standard InChI is InChI=1S/C11H17N5O3/c1-14-8-13-11(16(18)19)10(14)12-7-9(17)15-5-3-2-4-6-15/h8,12H,2-7H2,1H3. The molecule has 1 aromatic rings. The number of carbonyl (C=O) groups is 1. The fourth-order valence-electron chi connectivity index (χ4n) is 2.17. The van der Waals surface area contributed by atoms with E-state index < -0.39 is 4.92 Å². The maximum Gasteiger partial charge on any atom is 0.406 e. The zero-order valence-corrected chi connectivity index (χ0v) is 10.8. The van der Waals surface area contributed by atoms with Crippen LogP contribution in [0, 0.1) is 10.1 Å². The molecule has 8 heteroatoms. The molecule has 8 nitrogen and oxygen atoms in total. The van der Waals surface area contributed by atoms with Gasteiger partial charge in [0.05, 0.1) is 6.54 Å². The van der Waals surface area contributed by atoms with Gasteiger partial charge in [-0.3, -0.25) is 9.36 Å². The number of likely N-dealkylation sites (tertiary alicyclic amines) is 1. The molecule has 0 atom stereocenters. The first kappa shape index (κ1) is 13.3. The van der Waals surface area contributed by atoms with E-state index in [9.17, 15) is 14.9 Å². The van der Waals surface area contributed by atoms with E-state index in [4.69, 9.17) is 0 Å². The molecule has 0 aromatic carbocycles. The van der Waals surface area contributed by atoms with Crippen LogP contribution in [0.25, 0.3) is 0 Å². The number of carbonyl (C=O) groups excluding carboxylic acids is 1. The predicted octanol–water partition coefficient (Wildman–Crippen LogP) is 0.753. The van der Waals surface area contributed by atoms with E-state index in [0.717, 1.165) is 32.4 Å². The highest BCUT2D eigenvalue weighted by molar-refractivity contribution is 5.81. The van der Waals surface area contributed by atoms with Crippen LogP contribution in [0.2, 0.25) is 0 Å². The number of aryl methyl sites for hydroxylation is 1. The van der Waals surface area contributed by atoms with Gasteiger partial charge in [0.15, 0.2) is 0 Å². The monoisotopic (exact) mass is 267 g/mol. The van der Waals surface area contributed by atoms with Gasteiger partial charge in [0.25, 0.3) is 0 Å². The lowest BCUT2D eigenvalue weighted by molar-refractivity contribution is -0.388. The summed E-state index contributed by atoms with van der Waals surface area (Å²) in [4.78, 5) is 27.6. The summed E-state index contributed by atoms with van der Waals surface area (Å²) in [5, 5.41) is 13.6. The highest BCUT2D eigenvalue weighted by Crippen LogP contribution is 2.20. The van der Waals surface area contributed by atoms with Gasteiger partial charge in [-0.15, -0.1) is 0 Å². The van der Waals surface area contributed by atoms with Gasteiger partial charge in [0.1, 0.15) is 0 Å². The molecule has 0 saturated carbocycles. The first-order valence-corrected chi connectivity index (χ1v) is 6.27. The molecular weight excluding hydrogens is 250 g/mol. The molecule has 1 amide bonds. The Labute approximate surface area is 110 Å². The predicted molar refractivity (Wildman–Crippen MR) is 68.8 cm³/mol. The van der Waals surface area contributed by atoms with E-state index in [1.807, 2.05) is 0 Å². The van der Waals surface area contributed by atoms with Crippen LogP contribution >= 0.6 is 0 Å². The molecule has 19 heavy (non-hydrogen) atoms. The fraction of sp³-hybridized carbons (Fsp3) is 0.636. The molecule has 1 aliphatic heterocycles. The van der Waals surface area contributed by atoms with E-state index in [1.165, 1.54) is 10.9 Å². The molecule has 2 heterocycles. The van der Waals surface area contributed by atoms with Crippen molar-refractivity contribution < 1.29 is 9.72 Å². The molecule has 1 fully saturated rings. The lowest BCUT2D eigenvalue weighted by atomic mass is 10.1. The summed E-state index contributed by atoms with van der Waals surface area (Å²) in [6, 6.07) is 0. The van der Waals surface area contributed by atoms with Crippen LogP contribution in [0.4, 0.5) is 11.6 Å². The summed E-state index contributed by atoms with van der Waals surface area (Å²) in [6.45, 7) is 1.60. The summed E-state index contributed by atoms with van der Waals surface area (Å²) in [7, 11) is 1.65. The molecule has 0 spiro atoms. The summed E-state index contributed by atoms with van der Waals surface area (Å²) in [6.07, 6.45) is 4.56. The Morgan fingerprint density at radius 1 is 1.47 bits per heavy atom. The zero-order chi connectivity index (χ0) is 13.8. The fourth-order valence-corrected chi connectivity index (χ4v) is 2.17. The largest absolute Gasteiger partial charge is 0.406 e. The van der Waals surface area contributed by atoms with Crippen LogP contribution in [-0.2, 0) is 11.8 Å². The van der Waals surface area contributed by atoms with Crippen molar-refractivity contribution in [3.63, 3.8) is 0 Å². The molecule has 0 radical (unpaired) electrons. The van der Waals surface area contributed by atoms with Gasteiger partial charge in [0.2, 0.25) is 18.1 Å². The number of nitrogens with zero attached hydrogens (tertiary/aromatic N) is 4. The van der Waals surface area contributed by atoms with E-state index in [0.29, 0.717) is 0 Å². The van der Waals surface area contributed by atoms with Crippen LogP contribution in [0.5, 0.6) is 0 Å². The van der Waals surface area contributed by atoms with Gasteiger partial charge >= 0.3 is 5.82 Å². The van der Waals surface area contributed by atoms with Crippen molar-refractivity contribution in [3.8, 4) is 0 Å². The van der Waals surface area contributed by atoms with Crippen molar-refractivity contribution in [1.29, 1.82) is 0 Å². The summed E-state index contributed by atoms with van der Waals surface area (Å²) < 4.78 is 1.50. The summed E-state index contributed by atoms with van der Waals surface area (Å²) >= 11 is 0. The second-order valence-electron chi connectivity index (χ2n) is 4.58. The molecule has 0 bridgehead atoms. The third kappa shape index (κ3) is 3.01. The molecule has 104 valence electrons. The number of amides is 1. The second kappa shape index (κ2) is 5.68. The number of hydrogen-bond donors (Lipinski definition) is 1. The number of nitrogens with one attached hydrogen (secondary N) is 1. The van der Waals surface area contributed by atoms with E-state index in [-0.39, 0.29) is 24.1 Å². The van der Waals surface area contributed by atoms with Gasteiger partial charge in [-0.05, 0) is 29.2 Å². The third-order valence-corrected chi connectivity index (χ3v) is 3.21. The number of hydrogen-bond acceptors (Lipinski definition) is 5. The molecule has 1 aliphatic rings. The van der Waals surface area contributed by atoms with Crippen molar-refractivity contribution >= 4 is 17.5 Å². The van der Waals surface area contributed by atoms with Gasteiger partial charge in [-0.1, -0.05) is 0 Å². The Balaban J connectivity index is 1.96. The third-order valence-electron chi connectivity index (χ3n) is 3.21. The van der Waals surface area contributed by atoms with Crippen molar-refractivity contribution in [2.75, 3.05) is 25.0 Å². The van der Waals surface area contributed by atoms with Crippen molar-refractivity contribution in [1.82, 2.24) is 14.5 Å². The highest BCUT2D eigenvalue weighted by Gasteiger charge is 2.22. The van der Waals surface area contributed by atoms with E-state index in [2.05, 4.69) is 10.3 Å². The minimum atomic E-state index is -0.562. The van der Waals surface area contributed by atoms with Gasteiger partial charge in [-0.2, -0.15) is 0 Å². The normalized spacial score (nSPS) is 15.3. The van der Waals surface area contributed by atoms with Crippen LogP contribution in [-0.4, -0.2) is 44.9 Å². The topological polar surface area (TPSA) is 93.3 Å². The first-order chi connectivity index (χ1) is 9.09. The maximum atomic E-state index is 11.9. The molecule has 1 saturated heterocycles. The minimum absolute atomic E-state index is 0.0322. The lowest BCUT2D eigenvalue weighted by Gasteiger charge is -2.26. The number of nitro groups is 1. The molecular formula is C11H17N5O3. The quantitative estimate of drug-likeness (QED) is 0.642. The Morgan fingerprint density at radius 2 is 2.16 bits per heavy atom. The average Bonchev–Trinajstić information content (AvgIpc) is 2.78. The van der Waals surface area contributed by atoms with Crippen molar-refractivity contribution in [3.05, 3.63) is 16.4 Å². The van der Waals surface area contributed by atoms with Gasteiger partial charge < -0.3 is 20.3 Å². The first-order valence-electron chi connectivity index (χ1n) is 6.27. The van der Waals surface area contributed by atoms with E-state index >= 15 is 0 Å². The zero-order valence-electron chi connectivity index (χ0n) is 10.8. The molecule has 1 aromatic heterocycles. The van der Waals surface area contributed by atoms with Crippen LogP contribution in [0.15, 0.2) is 6.33 Å². The minimum Gasteiger partial charge on any atom is -0.358 e. The van der Waals surface area contributed by atoms with Gasteiger partial charge in [-0.25, -0.2) is 0 Å². The Kier molecular flexibility index (Phi) is 3.98. The molecule has 0 aliphatic carbocycles. The van der Waals surface area contributed by atoms with Crippen LogP contribution in [0.1, 0.15) is 19.3 Å². The second-order valence-corrected chi connectivity index (χ2v) is 4.58. The number of aromatic nitrogens is 2. The number of piperidine rings is 1. The highest BCUT2D eigenvalue weighted by atomic mass is 16.6. The Hall–Kier alpha value is -2.12. The molecule has 0 unspecified atom stereocenters. The van der Waals surface area contributed by atoms with Crippen LogP contribution < -0.4 is 5.32 Å². The van der Waals surface area contributed by atoms with Crippen molar-refractivity contribution in [2.24, 2.45) is 7.05 Å². The van der Waals surface area contributed by atoms with E-state index in [1.54, 1.807) is 11.9 Å². The van der Waals surface area contributed by atoms with Crippen molar-refractivity contribution in [2.45, 2.75) is 19.3 Å². The number of anilines is 1.